The molecule has 128 valence electrons. The predicted molar refractivity (Wildman–Crippen MR) is 91.0 cm³/mol. The summed E-state index contributed by atoms with van der Waals surface area (Å²) in [6, 6.07) is 7.66. The Morgan fingerprint density at radius 2 is 2.00 bits per heavy atom. The molecule has 0 radical (unpaired) electrons. The lowest BCUT2D eigenvalue weighted by molar-refractivity contribution is -0.143. The van der Waals surface area contributed by atoms with E-state index in [1.807, 2.05) is 30.5 Å². The number of thioether (sulfide) groups is 1. The van der Waals surface area contributed by atoms with Crippen LogP contribution in [0.3, 0.4) is 0 Å². The van der Waals surface area contributed by atoms with E-state index in [1.54, 1.807) is 16.7 Å². The van der Waals surface area contributed by atoms with Gasteiger partial charge in [0.15, 0.2) is 0 Å². The van der Waals surface area contributed by atoms with Gasteiger partial charge >= 0.3 is 5.97 Å². The zero-order chi connectivity index (χ0) is 17.3. The van der Waals surface area contributed by atoms with E-state index >= 15 is 0 Å². The number of hydrogen-bond donors (Lipinski definition) is 2. The van der Waals surface area contributed by atoms with Gasteiger partial charge in [0.2, 0.25) is 11.8 Å². The van der Waals surface area contributed by atoms with Crippen LogP contribution in [-0.2, 0) is 14.4 Å². The third-order valence-electron chi connectivity index (χ3n) is 4.79. The molecule has 2 N–H and O–H groups in total. The number of carbonyl (C=O) groups excluding carboxylic acids is 2. The number of nitrogens with one attached hydrogen (secondary N) is 1. The molecule has 1 saturated carbocycles. The van der Waals surface area contributed by atoms with Crippen molar-refractivity contribution in [2.24, 2.45) is 11.3 Å². The molecule has 0 spiro atoms. The number of carbonyl (C=O) groups is 3. The first-order chi connectivity index (χ1) is 11.4. The summed E-state index contributed by atoms with van der Waals surface area (Å²) < 4.78 is 0. The molecule has 7 heteroatoms. The number of carboxylic acid groups (broad SMARTS) is 1. The molecule has 1 heterocycles. The topological polar surface area (TPSA) is 86.7 Å². The van der Waals surface area contributed by atoms with E-state index in [1.165, 1.54) is 0 Å². The summed E-state index contributed by atoms with van der Waals surface area (Å²) >= 11 is 1.63. The van der Waals surface area contributed by atoms with Crippen molar-refractivity contribution in [1.82, 2.24) is 5.32 Å². The van der Waals surface area contributed by atoms with E-state index in [-0.39, 0.29) is 24.8 Å². The van der Waals surface area contributed by atoms with Crippen LogP contribution in [0.1, 0.15) is 19.3 Å². The average Bonchev–Trinajstić information content (AvgIpc) is 3.29. The number of amides is 2. The van der Waals surface area contributed by atoms with Gasteiger partial charge in [0.25, 0.3) is 0 Å². The molecule has 2 fully saturated rings. The normalized spacial score (nSPS) is 21.6. The van der Waals surface area contributed by atoms with Crippen LogP contribution >= 0.6 is 11.8 Å². The van der Waals surface area contributed by atoms with Crippen molar-refractivity contribution in [2.45, 2.75) is 24.2 Å². The number of rotatable bonds is 6. The molecule has 3 rings (SSSR count). The maximum atomic E-state index is 12.3. The van der Waals surface area contributed by atoms with Gasteiger partial charge in [-0.1, -0.05) is 0 Å². The van der Waals surface area contributed by atoms with Crippen LogP contribution in [0.2, 0.25) is 0 Å². The van der Waals surface area contributed by atoms with E-state index < -0.39 is 17.3 Å². The first kappa shape index (κ1) is 16.8. The number of aliphatic carboxylic acids is 1. The molecular weight excluding hydrogens is 328 g/mol. The summed E-state index contributed by atoms with van der Waals surface area (Å²) in [7, 11) is 0. The molecule has 1 atom stereocenters. The molecule has 0 bridgehead atoms. The minimum atomic E-state index is -0.860. The van der Waals surface area contributed by atoms with Gasteiger partial charge in [-0.3, -0.25) is 14.4 Å². The summed E-state index contributed by atoms with van der Waals surface area (Å²) in [6.07, 6.45) is 3.34. The van der Waals surface area contributed by atoms with Gasteiger partial charge in [0.05, 0.1) is 11.3 Å². The molecule has 2 amide bonds. The highest BCUT2D eigenvalue weighted by Gasteiger charge is 2.50. The molecule has 0 aromatic heterocycles. The highest BCUT2D eigenvalue weighted by atomic mass is 32.2. The Hall–Kier alpha value is -2.02. The van der Waals surface area contributed by atoms with Crippen molar-refractivity contribution in [3.63, 3.8) is 0 Å². The fourth-order valence-corrected chi connectivity index (χ4v) is 3.32. The first-order valence-corrected chi connectivity index (χ1v) is 9.13. The SMILES string of the molecule is CSc1ccc(N2CC(C(=O)NCC3(C(=O)O)CC3)CC2=O)cc1. The van der Waals surface area contributed by atoms with E-state index in [4.69, 9.17) is 5.11 Å². The summed E-state index contributed by atoms with van der Waals surface area (Å²) in [5.74, 6) is -1.60. The van der Waals surface area contributed by atoms with Crippen LogP contribution in [0, 0.1) is 11.3 Å². The zero-order valence-corrected chi connectivity index (χ0v) is 14.3. The van der Waals surface area contributed by atoms with Crippen LogP contribution < -0.4 is 10.2 Å². The Morgan fingerprint density at radius 1 is 1.33 bits per heavy atom. The first-order valence-electron chi connectivity index (χ1n) is 7.91. The van der Waals surface area contributed by atoms with E-state index in [0.29, 0.717) is 19.4 Å². The van der Waals surface area contributed by atoms with Crippen LogP contribution in [0.15, 0.2) is 29.2 Å². The highest BCUT2D eigenvalue weighted by molar-refractivity contribution is 7.98. The van der Waals surface area contributed by atoms with Crippen molar-refractivity contribution in [3.05, 3.63) is 24.3 Å². The number of anilines is 1. The van der Waals surface area contributed by atoms with E-state index in [0.717, 1.165) is 10.6 Å². The third-order valence-corrected chi connectivity index (χ3v) is 5.53. The summed E-state index contributed by atoms with van der Waals surface area (Å²) in [4.78, 5) is 38.4. The largest absolute Gasteiger partial charge is 0.481 e. The number of hydrogen-bond acceptors (Lipinski definition) is 4. The second-order valence-corrected chi connectivity index (χ2v) is 7.29. The minimum absolute atomic E-state index is 0.0774. The molecule has 1 aromatic carbocycles. The monoisotopic (exact) mass is 348 g/mol. The van der Waals surface area contributed by atoms with E-state index in [9.17, 15) is 14.4 Å². The molecule has 2 aliphatic rings. The molecule has 6 nitrogen and oxygen atoms in total. The summed E-state index contributed by atoms with van der Waals surface area (Å²) in [5, 5.41) is 11.9. The van der Waals surface area contributed by atoms with Gasteiger partial charge in [0.1, 0.15) is 0 Å². The van der Waals surface area contributed by atoms with Crippen LogP contribution in [0.25, 0.3) is 0 Å². The molecule has 1 unspecified atom stereocenters. The molecular formula is C17H20N2O4S. The second kappa shape index (κ2) is 6.47. The lowest BCUT2D eigenvalue weighted by Gasteiger charge is -2.17. The lowest BCUT2D eigenvalue weighted by Crippen LogP contribution is -2.38. The van der Waals surface area contributed by atoms with Gasteiger partial charge in [-0.25, -0.2) is 0 Å². The molecule has 1 aliphatic carbocycles. The van der Waals surface area contributed by atoms with Crippen molar-refractivity contribution < 1.29 is 19.5 Å². The van der Waals surface area contributed by atoms with Gasteiger partial charge < -0.3 is 15.3 Å². The van der Waals surface area contributed by atoms with Crippen molar-refractivity contribution in [1.29, 1.82) is 0 Å². The minimum Gasteiger partial charge on any atom is -0.481 e. The van der Waals surface area contributed by atoms with E-state index in [2.05, 4.69) is 5.32 Å². The van der Waals surface area contributed by atoms with Crippen LogP contribution in [0.4, 0.5) is 5.69 Å². The fraction of sp³-hybridized carbons (Fsp3) is 0.471. The van der Waals surface area contributed by atoms with Crippen LogP contribution in [0.5, 0.6) is 0 Å². The quantitative estimate of drug-likeness (QED) is 0.765. The van der Waals surface area contributed by atoms with Crippen molar-refractivity contribution in [3.8, 4) is 0 Å². The van der Waals surface area contributed by atoms with Gasteiger partial charge in [-0.2, -0.15) is 0 Å². The number of benzene rings is 1. The van der Waals surface area contributed by atoms with Gasteiger partial charge in [-0.15, -0.1) is 11.8 Å². The summed E-state index contributed by atoms with van der Waals surface area (Å²) in [5.41, 5.74) is 0.00307. The standard InChI is InChI=1S/C17H20N2O4S/c1-24-13-4-2-12(3-5-13)19-9-11(8-14(19)20)15(21)18-10-17(6-7-17)16(22)23/h2-5,11H,6-10H2,1H3,(H,18,21)(H,22,23). The van der Waals surface area contributed by atoms with Crippen molar-refractivity contribution in [2.75, 3.05) is 24.2 Å². The Kier molecular flexibility index (Phi) is 4.54. The zero-order valence-electron chi connectivity index (χ0n) is 13.4. The second-order valence-electron chi connectivity index (χ2n) is 6.41. The molecule has 1 saturated heterocycles. The summed E-state index contributed by atoms with van der Waals surface area (Å²) in [6.45, 7) is 0.484. The highest BCUT2D eigenvalue weighted by Crippen LogP contribution is 2.45. The van der Waals surface area contributed by atoms with Crippen LogP contribution in [-0.4, -0.2) is 42.2 Å². The molecule has 1 aromatic rings. The maximum Gasteiger partial charge on any atom is 0.311 e. The third kappa shape index (κ3) is 3.26. The number of carboxylic acids is 1. The van der Waals surface area contributed by atoms with Gasteiger partial charge in [-0.05, 0) is 43.4 Å². The predicted octanol–water partition coefficient (Wildman–Crippen LogP) is 1.74. The lowest BCUT2D eigenvalue weighted by atomic mass is 10.1. The Labute approximate surface area is 144 Å². The fourth-order valence-electron chi connectivity index (χ4n) is 2.91. The van der Waals surface area contributed by atoms with Gasteiger partial charge in [0, 0.05) is 30.1 Å². The van der Waals surface area contributed by atoms with Crippen molar-refractivity contribution >= 4 is 35.2 Å². The molecule has 24 heavy (non-hydrogen) atoms. The molecule has 1 aliphatic heterocycles. The number of nitrogens with zero attached hydrogens (tertiary/aromatic N) is 1. The Morgan fingerprint density at radius 3 is 2.54 bits per heavy atom. The Balaban J connectivity index is 1.59. The Bertz CT molecular complexity index is 670. The smallest absolute Gasteiger partial charge is 0.311 e. The maximum absolute atomic E-state index is 12.3. The average molecular weight is 348 g/mol.